The minimum atomic E-state index is -4.43. The smallest absolute Gasteiger partial charge is 0.416 e. The molecular formula is C20H18F3N3O3. The predicted molar refractivity (Wildman–Crippen MR) is 101 cm³/mol. The van der Waals surface area contributed by atoms with Crippen LogP contribution in [0.25, 0.3) is 11.3 Å². The zero-order valence-corrected chi connectivity index (χ0v) is 15.8. The fourth-order valence-electron chi connectivity index (χ4n) is 2.86. The third-order valence-corrected chi connectivity index (χ3v) is 4.33. The molecule has 0 radical (unpaired) electrons. The van der Waals surface area contributed by atoms with Gasteiger partial charge in [-0.3, -0.25) is 9.89 Å². The van der Waals surface area contributed by atoms with E-state index in [0.717, 1.165) is 12.1 Å². The minimum Gasteiger partial charge on any atom is -0.496 e. The zero-order chi connectivity index (χ0) is 21.2. The molecular weight excluding hydrogens is 387 g/mol. The number of carbonyl (C=O) groups is 1. The minimum absolute atomic E-state index is 0.191. The van der Waals surface area contributed by atoms with Gasteiger partial charge in [-0.05, 0) is 31.2 Å². The number of methoxy groups -OCH3 is 2. The van der Waals surface area contributed by atoms with Crippen LogP contribution in [0.1, 0.15) is 21.6 Å². The molecule has 1 heterocycles. The van der Waals surface area contributed by atoms with E-state index < -0.39 is 17.6 Å². The number of halogens is 3. The molecule has 2 N–H and O–H groups in total. The van der Waals surface area contributed by atoms with Crippen molar-refractivity contribution in [1.82, 2.24) is 10.2 Å². The van der Waals surface area contributed by atoms with Crippen LogP contribution in [-0.4, -0.2) is 30.3 Å². The van der Waals surface area contributed by atoms with Crippen molar-refractivity contribution in [1.29, 1.82) is 0 Å². The van der Waals surface area contributed by atoms with Gasteiger partial charge in [-0.1, -0.05) is 18.2 Å². The Hall–Kier alpha value is -3.49. The fourth-order valence-corrected chi connectivity index (χ4v) is 2.86. The molecule has 3 aromatic rings. The first-order chi connectivity index (χ1) is 13.8. The van der Waals surface area contributed by atoms with Gasteiger partial charge in [0, 0.05) is 5.56 Å². The molecule has 1 amide bonds. The van der Waals surface area contributed by atoms with Crippen LogP contribution in [0.2, 0.25) is 0 Å². The van der Waals surface area contributed by atoms with Crippen LogP contribution in [0.3, 0.4) is 0 Å². The van der Waals surface area contributed by atoms with Crippen molar-refractivity contribution in [2.75, 3.05) is 19.5 Å². The van der Waals surface area contributed by atoms with Gasteiger partial charge in [-0.25, -0.2) is 0 Å². The molecule has 0 fully saturated rings. The standard InChI is InChI=1S/C20H18F3N3O3/c1-11-17(24-19(27)16-14(28-2)5-4-6-15(16)29-3)18(26-25-11)12-7-9-13(10-8-12)20(21,22)23/h4-10H,1-3H3,(H,24,27)(H,25,26). The van der Waals surface area contributed by atoms with Gasteiger partial charge in [-0.15, -0.1) is 0 Å². The number of nitrogens with zero attached hydrogens (tertiary/aromatic N) is 1. The van der Waals surface area contributed by atoms with Gasteiger partial charge in [0.15, 0.2) is 0 Å². The second-order valence-electron chi connectivity index (χ2n) is 6.14. The summed E-state index contributed by atoms with van der Waals surface area (Å²) in [6.45, 7) is 1.69. The number of ether oxygens (including phenoxy) is 2. The Labute approximate surface area is 164 Å². The van der Waals surface area contributed by atoms with E-state index in [-0.39, 0.29) is 5.56 Å². The molecule has 1 aromatic heterocycles. The van der Waals surface area contributed by atoms with Crippen molar-refractivity contribution in [2.45, 2.75) is 13.1 Å². The first kappa shape index (κ1) is 20.2. The SMILES string of the molecule is COc1cccc(OC)c1C(=O)Nc1c(-c2ccc(C(F)(F)F)cc2)n[nH]c1C. The molecule has 2 aromatic carbocycles. The second kappa shape index (κ2) is 7.86. The summed E-state index contributed by atoms with van der Waals surface area (Å²) in [6, 6.07) is 9.47. The van der Waals surface area contributed by atoms with Crippen molar-refractivity contribution in [3.63, 3.8) is 0 Å². The number of alkyl halides is 3. The van der Waals surface area contributed by atoms with E-state index in [1.807, 2.05) is 0 Å². The van der Waals surface area contributed by atoms with E-state index >= 15 is 0 Å². The molecule has 0 bridgehead atoms. The number of rotatable bonds is 5. The molecule has 9 heteroatoms. The summed E-state index contributed by atoms with van der Waals surface area (Å²) in [5, 5.41) is 9.62. The van der Waals surface area contributed by atoms with Crippen LogP contribution in [-0.2, 0) is 6.18 Å². The van der Waals surface area contributed by atoms with Crippen LogP contribution in [0.5, 0.6) is 11.5 Å². The Morgan fingerprint density at radius 1 is 1.03 bits per heavy atom. The Bertz CT molecular complexity index is 1010. The number of anilines is 1. The number of aryl methyl sites for hydroxylation is 1. The van der Waals surface area contributed by atoms with Crippen LogP contribution in [0.4, 0.5) is 18.9 Å². The van der Waals surface area contributed by atoms with Gasteiger partial charge < -0.3 is 14.8 Å². The predicted octanol–water partition coefficient (Wildman–Crippen LogP) is 4.67. The van der Waals surface area contributed by atoms with Crippen molar-refractivity contribution in [3.8, 4) is 22.8 Å². The Kier molecular flexibility index (Phi) is 5.49. The molecule has 0 atom stereocenters. The van der Waals surface area contributed by atoms with Gasteiger partial charge in [0.25, 0.3) is 5.91 Å². The van der Waals surface area contributed by atoms with Gasteiger partial charge >= 0.3 is 6.18 Å². The van der Waals surface area contributed by atoms with E-state index in [4.69, 9.17) is 9.47 Å². The van der Waals surface area contributed by atoms with Crippen molar-refractivity contribution >= 4 is 11.6 Å². The lowest BCUT2D eigenvalue weighted by atomic mass is 10.1. The quantitative estimate of drug-likeness (QED) is 0.647. The number of nitrogens with one attached hydrogen (secondary N) is 2. The lowest BCUT2D eigenvalue weighted by molar-refractivity contribution is -0.137. The van der Waals surface area contributed by atoms with E-state index in [0.29, 0.717) is 34.1 Å². The van der Waals surface area contributed by atoms with Crippen LogP contribution < -0.4 is 14.8 Å². The summed E-state index contributed by atoms with van der Waals surface area (Å²) in [5.41, 5.74) is 1.06. The van der Waals surface area contributed by atoms with Crippen LogP contribution >= 0.6 is 0 Å². The lowest BCUT2D eigenvalue weighted by Gasteiger charge is -2.13. The van der Waals surface area contributed by atoms with Crippen LogP contribution in [0, 0.1) is 6.92 Å². The highest BCUT2D eigenvalue weighted by Gasteiger charge is 2.30. The molecule has 0 aliphatic heterocycles. The number of hydrogen-bond acceptors (Lipinski definition) is 4. The van der Waals surface area contributed by atoms with Gasteiger partial charge in [0.1, 0.15) is 22.8 Å². The van der Waals surface area contributed by atoms with Crippen LogP contribution in [0.15, 0.2) is 42.5 Å². The fraction of sp³-hybridized carbons (Fsp3) is 0.200. The average molecular weight is 405 g/mol. The van der Waals surface area contributed by atoms with Crippen molar-refractivity contribution in [3.05, 3.63) is 59.3 Å². The van der Waals surface area contributed by atoms with Crippen molar-refractivity contribution in [2.24, 2.45) is 0 Å². The third kappa shape index (κ3) is 4.03. The summed E-state index contributed by atoms with van der Waals surface area (Å²) >= 11 is 0. The first-order valence-electron chi connectivity index (χ1n) is 8.51. The summed E-state index contributed by atoms with van der Waals surface area (Å²) in [5.74, 6) is 0.134. The molecule has 29 heavy (non-hydrogen) atoms. The van der Waals surface area contributed by atoms with E-state index in [9.17, 15) is 18.0 Å². The van der Waals surface area contributed by atoms with Gasteiger partial charge in [0.05, 0.1) is 31.2 Å². The summed E-state index contributed by atoms with van der Waals surface area (Å²) in [7, 11) is 2.87. The molecule has 0 aliphatic carbocycles. The maximum Gasteiger partial charge on any atom is 0.416 e. The molecule has 0 saturated carbocycles. The highest BCUT2D eigenvalue weighted by Crippen LogP contribution is 2.35. The molecule has 152 valence electrons. The van der Waals surface area contributed by atoms with E-state index in [1.165, 1.54) is 26.4 Å². The van der Waals surface area contributed by atoms with E-state index in [2.05, 4.69) is 15.5 Å². The largest absolute Gasteiger partial charge is 0.496 e. The average Bonchev–Trinajstić information content (AvgIpc) is 3.06. The Morgan fingerprint density at radius 3 is 2.14 bits per heavy atom. The number of H-pyrrole nitrogens is 1. The summed E-state index contributed by atoms with van der Waals surface area (Å²) < 4.78 is 48.9. The zero-order valence-electron chi connectivity index (χ0n) is 15.8. The Balaban J connectivity index is 1.97. The number of aromatic nitrogens is 2. The highest BCUT2D eigenvalue weighted by molar-refractivity contribution is 6.09. The highest BCUT2D eigenvalue weighted by atomic mass is 19.4. The maximum atomic E-state index is 12.9. The third-order valence-electron chi connectivity index (χ3n) is 4.33. The number of aromatic amines is 1. The summed E-state index contributed by atoms with van der Waals surface area (Å²) in [6.07, 6.45) is -4.43. The monoisotopic (exact) mass is 405 g/mol. The molecule has 0 aliphatic rings. The molecule has 0 unspecified atom stereocenters. The maximum absolute atomic E-state index is 12.9. The van der Waals surface area contributed by atoms with Crippen molar-refractivity contribution < 1.29 is 27.4 Å². The van der Waals surface area contributed by atoms with Gasteiger partial charge in [-0.2, -0.15) is 18.3 Å². The van der Waals surface area contributed by atoms with Gasteiger partial charge in [0.2, 0.25) is 0 Å². The normalized spacial score (nSPS) is 11.2. The molecule has 0 spiro atoms. The Morgan fingerprint density at radius 2 is 1.62 bits per heavy atom. The van der Waals surface area contributed by atoms with E-state index in [1.54, 1.807) is 25.1 Å². The molecule has 3 rings (SSSR count). The number of amides is 1. The number of benzene rings is 2. The summed E-state index contributed by atoms with van der Waals surface area (Å²) in [4.78, 5) is 12.9. The second-order valence-corrected chi connectivity index (χ2v) is 6.14. The lowest BCUT2D eigenvalue weighted by Crippen LogP contribution is -2.15. The topological polar surface area (TPSA) is 76.2 Å². The number of carbonyl (C=O) groups excluding carboxylic acids is 1. The number of hydrogen-bond donors (Lipinski definition) is 2. The first-order valence-corrected chi connectivity index (χ1v) is 8.51. The molecule has 6 nitrogen and oxygen atoms in total. The molecule has 0 saturated heterocycles.